The lowest BCUT2D eigenvalue weighted by molar-refractivity contribution is 0.0274. The molecule has 1 aromatic rings. The lowest BCUT2D eigenvalue weighted by atomic mass is 9.82. The zero-order valence-electron chi connectivity index (χ0n) is 9.87. The molecule has 0 amide bonds. The van der Waals surface area contributed by atoms with Crippen LogP contribution in [-0.4, -0.2) is 29.7 Å². The van der Waals surface area contributed by atoms with E-state index in [2.05, 4.69) is 27.9 Å². The third-order valence-electron chi connectivity index (χ3n) is 3.22. The summed E-state index contributed by atoms with van der Waals surface area (Å²) in [6.07, 6.45) is 1.74. The molecule has 0 radical (unpaired) electrons. The van der Waals surface area contributed by atoms with Crippen LogP contribution in [0.3, 0.4) is 0 Å². The third kappa shape index (κ3) is 3.50. The van der Waals surface area contributed by atoms with E-state index in [0.29, 0.717) is 10.4 Å². The Bertz CT molecular complexity index is 393. The molecule has 0 spiro atoms. The van der Waals surface area contributed by atoms with E-state index in [1.54, 1.807) is 0 Å². The summed E-state index contributed by atoms with van der Waals surface area (Å²) < 4.78 is 13.6. The Morgan fingerprint density at radius 1 is 1.47 bits per heavy atom. The SMILES string of the molecule is CN(Cc1ccc(F)c(Br)c1)CC1CC(O)C1. The fourth-order valence-electron chi connectivity index (χ4n) is 2.30. The number of rotatable bonds is 4. The minimum atomic E-state index is -0.224. The molecule has 1 aromatic carbocycles. The van der Waals surface area contributed by atoms with E-state index >= 15 is 0 Å². The molecule has 1 N–H and O–H groups in total. The van der Waals surface area contributed by atoms with Crippen molar-refractivity contribution in [2.75, 3.05) is 13.6 Å². The minimum Gasteiger partial charge on any atom is -0.393 e. The topological polar surface area (TPSA) is 23.5 Å². The van der Waals surface area contributed by atoms with Gasteiger partial charge in [-0.2, -0.15) is 0 Å². The van der Waals surface area contributed by atoms with Crippen molar-refractivity contribution in [2.45, 2.75) is 25.5 Å². The summed E-state index contributed by atoms with van der Waals surface area (Å²) in [6, 6.07) is 5.12. The number of halogens is 2. The van der Waals surface area contributed by atoms with Crippen molar-refractivity contribution in [1.29, 1.82) is 0 Å². The van der Waals surface area contributed by atoms with Gasteiger partial charge in [0.05, 0.1) is 10.6 Å². The maximum atomic E-state index is 13.1. The molecule has 0 aromatic heterocycles. The van der Waals surface area contributed by atoms with E-state index < -0.39 is 0 Å². The highest BCUT2D eigenvalue weighted by molar-refractivity contribution is 9.10. The first-order valence-corrected chi connectivity index (χ1v) is 6.64. The van der Waals surface area contributed by atoms with Gasteiger partial charge in [0.15, 0.2) is 0 Å². The fraction of sp³-hybridized carbons (Fsp3) is 0.538. The van der Waals surface area contributed by atoms with Gasteiger partial charge in [-0.15, -0.1) is 0 Å². The molecule has 0 atom stereocenters. The van der Waals surface area contributed by atoms with Crippen molar-refractivity contribution in [1.82, 2.24) is 4.90 Å². The van der Waals surface area contributed by atoms with Gasteiger partial charge in [0.1, 0.15) is 5.82 Å². The Hall–Kier alpha value is -0.450. The summed E-state index contributed by atoms with van der Waals surface area (Å²) in [6.45, 7) is 1.80. The highest BCUT2D eigenvalue weighted by Gasteiger charge is 2.27. The highest BCUT2D eigenvalue weighted by Crippen LogP contribution is 2.28. The van der Waals surface area contributed by atoms with E-state index in [4.69, 9.17) is 0 Å². The smallest absolute Gasteiger partial charge is 0.137 e. The standard InChI is InChI=1S/C13H17BrFNO/c1-16(8-10-4-11(17)5-10)7-9-2-3-13(15)12(14)6-9/h2-3,6,10-11,17H,4-5,7-8H2,1H3. The summed E-state index contributed by atoms with van der Waals surface area (Å²) in [5.74, 6) is 0.386. The largest absolute Gasteiger partial charge is 0.393 e. The molecule has 0 bridgehead atoms. The van der Waals surface area contributed by atoms with Crippen molar-refractivity contribution >= 4 is 15.9 Å². The highest BCUT2D eigenvalue weighted by atomic mass is 79.9. The predicted octanol–water partition coefficient (Wildman–Crippen LogP) is 2.79. The second-order valence-electron chi connectivity index (χ2n) is 4.94. The van der Waals surface area contributed by atoms with E-state index in [1.165, 1.54) is 6.07 Å². The first kappa shape index (κ1) is 13.0. The molecule has 1 aliphatic carbocycles. The molecule has 1 fully saturated rings. The number of benzene rings is 1. The molecule has 1 aliphatic rings. The summed E-state index contributed by atoms with van der Waals surface area (Å²) in [7, 11) is 2.06. The zero-order valence-corrected chi connectivity index (χ0v) is 11.5. The molecular weight excluding hydrogens is 285 g/mol. The maximum Gasteiger partial charge on any atom is 0.137 e. The average molecular weight is 302 g/mol. The Morgan fingerprint density at radius 2 is 2.18 bits per heavy atom. The molecular formula is C13H17BrFNO. The molecule has 94 valence electrons. The second-order valence-corrected chi connectivity index (χ2v) is 5.79. The zero-order chi connectivity index (χ0) is 12.4. The number of aliphatic hydroxyl groups is 1. The second kappa shape index (κ2) is 5.46. The van der Waals surface area contributed by atoms with Gasteiger partial charge in [0.25, 0.3) is 0 Å². The number of hydrogen-bond donors (Lipinski definition) is 1. The monoisotopic (exact) mass is 301 g/mol. The van der Waals surface area contributed by atoms with Crippen LogP contribution in [-0.2, 0) is 6.54 Å². The summed E-state index contributed by atoms with van der Waals surface area (Å²) in [5.41, 5.74) is 1.10. The molecule has 2 rings (SSSR count). The van der Waals surface area contributed by atoms with Crippen molar-refractivity contribution in [3.8, 4) is 0 Å². The van der Waals surface area contributed by atoms with Crippen LogP contribution in [0.5, 0.6) is 0 Å². The van der Waals surface area contributed by atoms with Gasteiger partial charge < -0.3 is 10.0 Å². The first-order chi connectivity index (χ1) is 8.04. The van der Waals surface area contributed by atoms with Crippen LogP contribution in [0.25, 0.3) is 0 Å². The average Bonchev–Trinajstić information content (AvgIpc) is 2.21. The quantitative estimate of drug-likeness (QED) is 0.924. The molecule has 0 aliphatic heterocycles. The molecule has 0 heterocycles. The Labute approximate surface area is 110 Å². The van der Waals surface area contributed by atoms with Gasteiger partial charge in [-0.3, -0.25) is 0 Å². The van der Waals surface area contributed by atoms with E-state index in [0.717, 1.165) is 31.5 Å². The number of hydrogen-bond acceptors (Lipinski definition) is 2. The normalized spacial score (nSPS) is 23.8. The van der Waals surface area contributed by atoms with Crippen molar-refractivity contribution in [3.63, 3.8) is 0 Å². The Balaban J connectivity index is 1.85. The van der Waals surface area contributed by atoms with Crippen molar-refractivity contribution in [2.24, 2.45) is 5.92 Å². The van der Waals surface area contributed by atoms with Crippen LogP contribution < -0.4 is 0 Å². The van der Waals surface area contributed by atoms with Gasteiger partial charge in [-0.1, -0.05) is 6.07 Å². The van der Waals surface area contributed by atoms with Crippen molar-refractivity contribution < 1.29 is 9.50 Å². The molecule has 17 heavy (non-hydrogen) atoms. The van der Waals surface area contributed by atoms with Crippen LogP contribution in [0.2, 0.25) is 0 Å². The third-order valence-corrected chi connectivity index (χ3v) is 3.82. The van der Waals surface area contributed by atoms with Gasteiger partial charge in [0, 0.05) is 13.1 Å². The van der Waals surface area contributed by atoms with Crippen LogP contribution in [0, 0.1) is 11.7 Å². The molecule has 0 saturated heterocycles. The van der Waals surface area contributed by atoms with Gasteiger partial charge in [0.2, 0.25) is 0 Å². The summed E-state index contributed by atoms with van der Waals surface area (Å²) in [5, 5.41) is 9.22. The van der Waals surface area contributed by atoms with Crippen LogP contribution in [0.4, 0.5) is 4.39 Å². The minimum absolute atomic E-state index is 0.0895. The number of nitrogens with zero attached hydrogens (tertiary/aromatic N) is 1. The molecule has 2 nitrogen and oxygen atoms in total. The Kier molecular flexibility index (Phi) is 4.17. The maximum absolute atomic E-state index is 13.1. The van der Waals surface area contributed by atoms with E-state index in [-0.39, 0.29) is 11.9 Å². The van der Waals surface area contributed by atoms with Crippen LogP contribution in [0.1, 0.15) is 18.4 Å². The molecule has 4 heteroatoms. The van der Waals surface area contributed by atoms with Gasteiger partial charge in [-0.05, 0) is 59.4 Å². The van der Waals surface area contributed by atoms with Crippen LogP contribution in [0.15, 0.2) is 22.7 Å². The summed E-state index contributed by atoms with van der Waals surface area (Å²) in [4.78, 5) is 2.22. The fourth-order valence-corrected chi connectivity index (χ4v) is 2.73. The lowest BCUT2D eigenvalue weighted by Gasteiger charge is -2.34. The predicted molar refractivity (Wildman–Crippen MR) is 69.2 cm³/mol. The van der Waals surface area contributed by atoms with Crippen LogP contribution >= 0.6 is 15.9 Å². The molecule has 1 saturated carbocycles. The van der Waals surface area contributed by atoms with Gasteiger partial charge in [-0.25, -0.2) is 4.39 Å². The van der Waals surface area contributed by atoms with E-state index in [1.807, 2.05) is 12.1 Å². The van der Waals surface area contributed by atoms with Gasteiger partial charge >= 0.3 is 0 Å². The lowest BCUT2D eigenvalue weighted by Crippen LogP contribution is -2.36. The number of aliphatic hydroxyl groups excluding tert-OH is 1. The molecule has 0 unspecified atom stereocenters. The Morgan fingerprint density at radius 3 is 2.76 bits per heavy atom. The first-order valence-electron chi connectivity index (χ1n) is 5.85. The summed E-state index contributed by atoms with van der Waals surface area (Å²) >= 11 is 3.19. The van der Waals surface area contributed by atoms with Crippen molar-refractivity contribution in [3.05, 3.63) is 34.1 Å². The van der Waals surface area contributed by atoms with E-state index in [9.17, 15) is 9.50 Å².